The van der Waals surface area contributed by atoms with E-state index in [-0.39, 0.29) is 15.7 Å². The maximum Gasteiger partial charge on any atom is 0.286 e. The van der Waals surface area contributed by atoms with Crippen LogP contribution in [-0.4, -0.2) is 45.2 Å². The molecule has 0 spiro atoms. The van der Waals surface area contributed by atoms with Gasteiger partial charge in [-0.05, 0) is 79.3 Å². The highest BCUT2D eigenvalue weighted by Gasteiger charge is 2.17. The van der Waals surface area contributed by atoms with Gasteiger partial charge >= 0.3 is 0 Å². The highest BCUT2D eigenvalue weighted by Crippen LogP contribution is 2.29. The van der Waals surface area contributed by atoms with Crippen molar-refractivity contribution >= 4 is 44.3 Å². The molecule has 0 aliphatic heterocycles. The minimum absolute atomic E-state index is 0.0190. The first-order valence-electron chi connectivity index (χ1n) is 10.3. The van der Waals surface area contributed by atoms with Crippen molar-refractivity contribution in [3.8, 4) is 5.75 Å². The molecule has 3 aromatic rings. The molecule has 0 unspecified atom stereocenters. The molecule has 178 valence electrons. The summed E-state index contributed by atoms with van der Waals surface area (Å²) < 4.78 is 33.3. The number of anilines is 2. The first kappa shape index (κ1) is 25.1. The number of para-hydroxylation sites is 1. The van der Waals surface area contributed by atoms with Gasteiger partial charge in [0.1, 0.15) is 5.75 Å². The van der Waals surface area contributed by atoms with Crippen molar-refractivity contribution in [1.82, 2.24) is 4.90 Å². The fourth-order valence-electron chi connectivity index (χ4n) is 2.82. The molecule has 0 saturated heterocycles. The maximum absolute atomic E-state index is 12.7. The molecule has 0 radical (unpaired) electrons. The summed E-state index contributed by atoms with van der Waals surface area (Å²) in [6, 6.07) is 19.1. The molecule has 0 aliphatic carbocycles. The highest BCUT2D eigenvalue weighted by molar-refractivity contribution is 8.13. The van der Waals surface area contributed by atoms with Crippen LogP contribution < -0.4 is 14.8 Å². The number of carbonyl (C=O) groups is 2. The van der Waals surface area contributed by atoms with E-state index >= 15 is 0 Å². The summed E-state index contributed by atoms with van der Waals surface area (Å²) in [6.07, 6.45) is 0. The van der Waals surface area contributed by atoms with Crippen molar-refractivity contribution in [2.75, 3.05) is 30.7 Å². The summed E-state index contributed by atoms with van der Waals surface area (Å²) in [5.41, 5.74) is 1.16. The number of nitrogens with zero attached hydrogens (tertiary/aromatic N) is 1. The second-order valence-electron chi connectivity index (χ2n) is 7.30. The van der Waals surface area contributed by atoms with Crippen LogP contribution in [0.2, 0.25) is 0 Å². The number of hydrogen-bond donors (Lipinski definition) is 2. The van der Waals surface area contributed by atoms with Gasteiger partial charge in [0, 0.05) is 30.2 Å². The van der Waals surface area contributed by atoms with Crippen LogP contribution >= 0.6 is 11.8 Å². The molecular formula is C24H25N3O5S2. The molecule has 8 nitrogen and oxygen atoms in total. The Morgan fingerprint density at radius 1 is 0.941 bits per heavy atom. The lowest BCUT2D eigenvalue weighted by Crippen LogP contribution is -2.17. The average Bonchev–Trinajstić information content (AvgIpc) is 2.81. The van der Waals surface area contributed by atoms with E-state index in [1.807, 2.05) is 6.92 Å². The lowest BCUT2D eigenvalue weighted by Gasteiger charge is -2.13. The fraction of sp³-hybridized carbons (Fsp3) is 0.167. The number of sulfonamides is 1. The topological polar surface area (TPSA) is 105 Å². The van der Waals surface area contributed by atoms with Crippen LogP contribution in [0.15, 0.2) is 82.6 Å². The minimum atomic E-state index is -3.84. The van der Waals surface area contributed by atoms with Gasteiger partial charge in [-0.2, -0.15) is 0 Å². The Morgan fingerprint density at radius 2 is 1.59 bits per heavy atom. The molecule has 34 heavy (non-hydrogen) atoms. The number of thioether (sulfide) groups is 1. The standard InChI is InChI=1S/C24H25N3O5S2/c1-4-32-19-13-11-18(12-14-19)26-34(30,31)20-15-9-17(10-16-20)23(28)25-21-7-5-6-8-22(21)33-24(29)27(2)3/h5-16,26H,4H2,1-3H3,(H,25,28). The Hall–Kier alpha value is -3.50. The van der Waals surface area contributed by atoms with Gasteiger partial charge in [-0.25, -0.2) is 8.42 Å². The van der Waals surface area contributed by atoms with Gasteiger partial charge < -0.3 is 15.0 Å². The molecule has 2 amide bonds. The quantitative estimate of drug-likeness (QED) is 0.427. The van der Waals surface area contributed by atoms with E-state index in [4.69, 9.17) is 4.74 Å². The molecule has 10 heteroatoms. The van der Waals surface area contributed by atoms with Gasteiger partial charge in [-0.3, -0.25) is 14.3 Å². The lowest BCUT2D eigenvalue weighted by atomic mass is 10.2. The largest absolute Gasteiger partial charge is 0.494 e. The van der Waals surface area contributed by atoms with Crippen molar-refractivity contribution < 1.29 is 22.7 Å². The number of ether oxygens (including phenoxy) is 1. The molecule has 2 N–H and O–H groups in total. The van der Waals surface area contributed by atoms with Crippen molar-refractivity contribution in [3.63, 3.8) is 0 Å². The molecule has 0 aliphatic rings. The Bertz CT molecular complexity index is 1260. The molecule has 0 saturated carbocycles. The third-order valence-corrected chi connectivity index (χ3v) is 7.05. The molecule has 0 bridgehead atoms. The summed E-state index contributed by atoms with van der Waals surface area (Å²) >= 11 is 1.00. The Labute approximate surface area is 203 Å². The zero-order chi connectivity index (χ0) is 24.7. The Balaban J connectivity index is 1.70. The molecule has 3 aromatic carbocycles. The third-order valence-electron chi connectivity index (χ3n) is 4.54. The number of benzene rings is 3. The van der Waals surface area contributed by atoms with E-state index in [0.29, 0.717) is 28.6 Å². The van der Waals surface area contributed by atoms with Crippen LogP contribution in [0.3, 0.4) is 0 Å². The van der Waals surface area contributed by atoms with Gasteiger partial charge in [0.15, 0.2) is 0 Å². The lowest BCUT2D eigenvalue weighted by molar-refractivity contribution is 0.102. The van der Waals surface area contributed by atoms with Crippen LogP contribution in [0.4, 0.5) is 16.2 Å². The predicted octanol–water partition coefficient (Wildman–Crippen LogP) is 4.91. The third kappa shape index (κ3) is 6.52. The van der Waals surface area contributed by atoms with Crippen LogP contribution in [0.1, 0.15) is 17.3 Å². The van der Waals surface area contributed by atoms with Crippen molar-refractivity contribution in [2.45, 2.75) is 16.7 Å². The molecule has 0 heterocycles. The summed E-state index contributed by atoms with van der Waals surface area (Å²) in [4.78, 5) is 26.8. The number of carbonyl (C=O) groups excluding carboxylic acids is 2. The smallest absolute Gasteiger partial charge is 0.286 e. The van der Waals surface area contributed by atoms with Gasteiger partial charge in [-0.1, -0.05) is 12.1 Å². The van der Waals surface area contributed by atoms with Crippen LogP contribution in [-0.2, 0) is 10.0 Å². The highest BCUT2D eigenvalue weighted by atomic mass is 32.2. The zero-order valence-electron chi connectivity index (χ0n) is 18.9. The maximum atomic E-state index is 12.7. The van der Waals surface area contributed by atoms with E-state index in [1.165, 1.54) is 29.2 Å². The number of hydrogen-bond acceptors (Lipinski definition) is 6. The number of amides is 2. The number of nitrogens with one attached hydrogen (secondary N) is 2. The second-order valence-corrected chi connectivity index (χ2v) is 9.98. The van der Waals surface area contributed by atoms with E-state index in [2.05, 4.69) is 10.0 Å². The van der Waals surface area contributed by atoms with Crippen molar-refractivity contribution in [3.05, 3.63) is 78.4 Å². The first-order chi connectivity index (χ1) is 16.2. The minimum Gasteiger partial charge on any atom is -0.494 e. The molecule has 0 aromatic heterocycles. The molecule has 0 fully saturated rings. The van der Waals surface area contributed by atoms with E-state index in [9.17, 15) is 18.0 Å². The summed E-state index contributed by atoms with van der Waals surface area (Å²) in [7, 11) is -0.537. The number of rotatable bonds is 8. The van der Waals surface area contributed by atoms with E-state index in [1.54, 1.807) is 62.6 Å². The second kappa shape index (κ2) is 11.1. The Morgan fingerprint density at radius 3 is 2.21 bits per heavy atom. The predicted molar refractivity (Wildman–Crippen MR) is 134 cm³/mol. The van der Waals surface area contributed by atoms with Crippen LogP contribution in [0.5, 0.6) is 5.75 Å². The van der Waals surface area contributed by atoms with E-state index in [0.717, 1.165) is 11.8 Å². The van der Waals surface area contributed by atoms with Gasteiger partial charge in [0.25, 0.3) is 21.2 Å². The van der Waals surface area contributed by atoms with E-state index < -0.39 is 15.9 Å². The summed E-state index contributed by atoms with van der Waals surface area (Å²) in [6.45, 7) is 2.38. The molecule has 3 rings (SSSR count). The average molecular weight is 500 g/mol. The van der Waals surface area contributed by atoms with Gasteiger partial charge in [-0.15, -0.1) is 0 Å². The van der Waals surface area contributed by atoms with Crippen LogP contribution in [0, 0.1) is 0 Å². The summed E-state index contributed by atoms with van der Waals surface area (Å²) in [5.74, 6) is 0.223. The Kier molecular flexibility index (Phi) is 8.19. The molecular weight excluding hydrogens is 474 g/mol. The summed E-state index contributed by atoms with van der Waals surface area (Å²) in [5, 5.41) is 2.61. The van der Waals surface area contributed by atoms with Gasteiger partial charge in [0.2, 0.25) is 0 Å². The molecule has 0 atom stereocenters. The van der Waals surface area contributed by atoms with Crippen molar-refractivity contribution in [1.29, 1.82) is 0 Å². The SMILES string of the molecule is CCOc1ccc(NS(=O)(=O)c2ccc(C(=O)Nc3ccccc3SC(=O)N(C)C)cc2)cc1. The monoisotopic (exact) mass is 499 g/mol. The van der Waals surface area contributed by atoms with Crippen LogP contribution in [0.25, 0.3) is 0 Å². The normalized spacial score (nSPS) is 10.9. The van der Waals surface area contributed by atoms with Gasteiger partial charge in [0.05, 0.1) is 17.2 Å². The van der Waals surface area contributed by atoms with Crippen molar-refractivity contribution in [2.24, 2.45) is 0 Å². The zero-order valence-corrected chi connectivity index (χ0v) is 20.6. The first-order valence-corrected chi connectivity index (χ1v) is 12.6. The fourth-order valence-corrected chi connectivity index (χ4v) is 4.63.